The number of benzene rings is 1. The second-order valence-electron chi connectivity index (χ2n) is 6.28. The first-order chi connectivity index (χ1) is 13.2. The van der Waals surface area contributed by atoms with Gasteiger partial charge in [-0.15, -0.1) is 0 Å². The highest BCUT2D eigenvalue weighted by atomic mass is 16.6. The summed E-state index contributed by atoms with van der Waals surface area (Å²) in [4.78, 5) is 30.3. The third-order valence-corrected chi connectivity index (χ3v) is 4.62. The minimum Gasteiger partial charge on any atom is -0.486 e. The molecule has 1 aromatic carbocycles. The van der Waals surface area contributed by atoms with Gasteiger partial charge in [-0.3, -0.25) is 9.78 Å². The molecule has 1 aromatic heterocycles. The Morgan fingerprint density at radius 3 is 2.81 bits per heavy atom. The van der Waals surface area contributed by atoms with Crippen molar-refractivity contribution in [1.82, 2.24) is 9.88 Å². The molecule has 0 unspecified atom stereocenters. The first-order valence-electron chi connectivity index (χ1n) is 8.65. The van der Waals surface area contributed by atoms with E-state index in [1.165, 1.54) is 7.11 Å². The van der Waals surface area contributed by atoms with Crippen molar-refractivity contribution in [2.24, 2.45) is 0 Å². The quantitative estimate of drug-likeness (QED) is 0.873. The van der Waals surface area contributed by atoms with Crippen LogP contribution in [0.25, 0.3) is 0 Å². The number of carbonyl (C=O) groups excluding carboxylic acids is 2. The number of hydrogen-bond donors (Lipinski definition) is 1. The summed E-state index contributed by atoms with van der Waals surface area (Å²) in [6.45, 7) is 1.87. The molecule has 0 bridgehead atoms. The van der Waals surface area contributed by atoms with Gasteiger partial charge in [0.15, 0.2) is 11.5 Å². The van der Waals surface area contributed by atoms with Gasteiger partial charge >= 0.3 is 6.09 Å². The highest BCUT2D eigenvalue weighted by Crippen LogP contribution is 2.33. The Morgan fingerprint density at radius 2 is 2.00 bits per heavy atom. The molecule has 2 amide bonds. The average molecular weight is 369 g/mol. The molecule has 0 saturated carbocycles. The van der Waals surface area contributed by atoms with Crippen LogP contribution in [-0.4, -0.2) is 48.8 Å². The summed E-state index contributed by atoms with van der Waals surface area (Å²) in [5.74, 6) is 1.03. The third-order valence-electron chi connectivity index (χ3n) is 4.62. The van der Waals surface area contributed by atoms with Crippen molar-refractivity contribution in [3.05, 3.63) is 47.3 Å². The lowest BCUT2D eigenvalue weighted by Crippen LogP contribution is -2.36. The topological polar surface area (TPSA) is 90.0 Å². The lowest BCUT2D eigenvalue weighted by atomic mass is 9.97. The van der Waals surface area contributed by atoms with Gasteiger partial charge in [0.2, 0.25) is 0 Å². The number of amides is 2. The van der Waals surface area contributed by atoms with Gasteiger partial charge in [-0.2, -0.15) is 0 Å². The molecule has 4 rings (SSSR count). The van der Waals surface area contributed by atoms with Crippen molar-refractivity contribution in [3.63, 3.8) is 0 Å². The molecule has 2 aromatic rings. The number of carbonyl (C=O) groups is 2. The van der Waals surface area contributed by atoms with E-state index in [9.17, 15) is 9.59 Å². The summed E-state index contributed by atoms with van der Waals surface area (Å²) in [6.07, 6.45) is 3.43. The van der Waals surface area contributed by atoms with Crippen molar-refractivity contribution >= 4 is 17.7 Å². The van der Waals surface area contributed by atoms with E-state index in [0.717, 1.165) is 11.1 Å². The molecule has 27 heavy (non-hydrogen) atoms. The minimum absolute atomic E-state index is 0.248. The van der Waals surface area contributed by atoms with Crippen LogP contribution < -0.4 is 14.8 Å². The fraction of sp³-hybridized carbons (Fsp3) is 0.316. The number of nitrogens with one attached hydrogen (secondary N) is 1. The molecule has 2 aliphatic heterocycles. The maximum Gasteiger partial charge on any atom is 0.409 e. The number of nitrogens with zero attached hydrogens (tertiary/aromatic N) is 2. The number of anilines is 1. The smallest absolute Gasteiger partial charge is 0.409 e. The molecule has 0 saturated heterocycles. The molecule has 2 aliphatic rings. The van der Waals surface area contributed by atoms with Gasteiger partial charge in [0.25, 0.3) is 5.91 Å². The Bertz CT molecular complexity index is 899. The van der Waals surface area contributed by atoms with Crippen molar-refractivity contribution in [2.45, 2.75) is 13.0 Å². The number of pyridine rings is 1. The van der Waals surface area contributed by atoms with Crippen LogP contribution in [0.15, 0.2) is 30.6 Å². The molecular weight excluding hydrogens is 350 g/mol. The summed E-state index contributed by atoms with van der Waals surface area (Å²) in [6, 6.07) is 5.29. The normalized spacial score (nSPS) is 14.9. The Labute approximate surface area is 156 Å². The SMILES string of the molecule is COC(=O)N1CCc2c(cncc2C(=O)Nc2ccc3c(c2)OCCO3)C1. The van der Waals surface area contributed by atoms with Crippen LogP contribution >= 0.6 is 0 Å². The number of rotatable bonds is 2. The summed E-state index contributed by atoms with van der Waals surface area (Å²) >= 11 is 0. The molecule has 8 heteroatoms. The first kappa shape index (κ1) is 17.1. The van der Waals surface area contributed by atoms with E-state index >= 15 is 0 Å². The van der Waals surface area contributed by atoms with Gasteiger partial charge in [-0.05, 0) is 29.7 Å². The van der Waals surface area contributed by atoms with Crippen LogP contribution in [0.4, 0.5) is 10.5 Å². The van der Waals surface area contributed by atoms with Gasteiger partial charge in [-0.1, -0.05) is 0 Å². The van der Waals surface area contributed by atoms with Gasteiger partial charge in [0.05, 0.1) is 19.2 Å². The van der Waals surface area contributed by atoms with Crippen LogP contribution in [-0.2, 0) is 17.7 Å². The highest BCUT2D eigenvalue weighted by Gasteiger charge is 2.25. The number of aromatic nitrogens is 1. The highest BCUT2D eigenvalue weighted by molar-refractivity contribution is 6.05. The maximum absolute atomic E-state index is 12.8. The number of ether oxygens (including phenoxy) is 3. The number of hydrogen-bond acceptors (Lipinski definition) is 6. The predicted molar refractivity (Wildman–Crippen MR) is 96.1 cm³/mol. The Hall–Kier alpha value is -3.29. The van der Waals surface area contributed by atoms with E-state index in [2.05, 4.69) is 10.3 Å². The second kappa shape index (κ2) is 7.14. The van der Waals surface area contributed by atoms with E-state index in [4.69, 9.17) is 14.2 Å². The zero-order valence-electron chi connectivity index (χ0n) is 14.9. The number of methoxy groups -OCH3 is 1. The standard InChI is InChI=1S/C19H19N3O5/c1-25-19(24)22-5-4-14-12(11-22)9-20-10-15(14)18(23)21-13-2-3-16-17(8-13)27-7-6-26-16/h2-3,8-10H,4-7,11H2,1H3,(H,21,23). The lowest BCUT2D eigenvalue weighted by molar-refractivity contribution is 0.102. The van der Waals surface area contributed by atoms with E-state index in [0.29, 0.717) is 55.5 Å². The first-order valence-corrected chi connectivity index (χ1v) is 8.65. The molecule has 0 aliphatic carbocycles. The fourth-order valence-corrected chi connectivity index (χ4v) is 3.29. The van der Waals surface area contributed by atoms with E-state index in [1.807, 2.05) is 0 Å². The van der Waals surface area contributed by atoms with Crippen LogP contribution in [0.3, 0.4) is 0 Å². The van der Waals surface area contributed by atoms with E-state index in [-0.39, 0.29) is 12.0 Å². The largest absolute Gasteiger partial charge is 0.486 e. The zero-order chi connectivity index (χ0) is 18.8. The van der Waals surface area contributed by atoms with Gasteiger partial charge < -0.3 is 24.4 Å². The Balaban J connectivity index is 1.54. The molecular formula is C19H19N3O5. The van der Waals surface area contributed by atoms with Crippen molar-refractivity contribution in [2.75, 3.05) is 32.2 Å². The molecule has 1 N–H and O–H groups in total. The summed E-state index contributed by atoms with van der Waals surface area (Å²) in [5.41, 5.74) is 2.88. The predicted octanol–water partition coefficient (Wildman–Crippen LogP) is 2.23. The molecule has 140 valence electrons. The summed E-state index contributed by atoms with van der Waals surface area (Å²) in [7, 11) is 1.35. The monoisotopic (exact) mass is 369 g/mol. The van der Waals surface area contributed by atoms with E-state index < -0.39 is 0 Å². The molecule has 3 heterocycles. The third kappa shape index (κ3) is 3.38. The Kier molecular flexibility index (Phi) is 4.53. The zero-order valence-corrected chi connectivity index (χ0v) is 14.9. The lowest BCUT2D eigenvalue weighted by Gasteiger charge is -2.28. The molecule has 0 atom stereocenters. The molecule has 8 nitrogen and oxygen atoms in total. The van der Waals surface area contributed by atoms with Crippen LogP contribution in [0.5, 0.6) is 11.5 Å². The van der Waals surface area contributed by atoms with Crippen molar-refractivity contribution in [1.29, 1.82) is 0 Å². The van der Waals surface area contributed by atoms with E-state index in [1.54, 1.807) is 35.5 Å². The average Bonchev–Trinajstić information content (AvgIpc) is 2.72. The number of fused-ring (bicyclic) bond motifs is 2. The summed E-state index contributed by atoms with van der Waals surface area (Å²) < 4.78 is 15.8. The van der Waals surface area contributed by atoms with Gasteiger partial charge in [0.1, 0.15) is 13.2 Å². The van der Waals surface area contributed by atoms with Crippen LogP contribution in [0, 0.1) is 0 Å². The summed E-state index contributed by atoms with van der Waals surface area (Å²) in [5, 5.41) is 2.88. The molecule has 0 radical (unpaired) electrons. The van der Waals surface area contributed by atoms with Crippen LogP contribution in [0.1, 0.15) is 21.5 Å². The van der Waals surface area contributed by atoms with Crippen LogP contribution in [0.2, 0.25) is 0 Å². The molecule has 0 fully saturated rings. The molecule has 0 spiro atoms. The minimum atomic E-state index is -0.383. The van der Waals surface area contributed by atoms with Crippen molar-refractivity contribution in [3.8, 4) is 11.5 Å². The van der Waals surface area contributed by atoms with Gasteiger partial charge in [0, 0.05) is 30.7 Å². The van der Waals surface area contributed by atoms with Gasteiger partial charge in [-0.25, -0.2) is 4.79 Å². The fourth-order valence-electron chi connectivity index (χ4n) is 3.29. The Morgan fingerprint density at radius 1 is 1.19 bits per heavy atom. The van der Waals surface area contributed by atoms with Crippen molar-refractivity contribution < 1.29 is 23.8 Å². The second-order valence-corrected chi connectivity index (χ2v) is 6.28. The maximum atomic E-state index is 12.8.